The minimum absolute atomic E-state index is 0.0230. The van der Waals surface area contributed by atoms with Crippen LogP contribution in [-0.2, 0) is 0 Å². The summed E-state index contributed by atoms with van der Waals surface area (Å²) < 4.78 is 1.09. The number of rotatable bonds is 4. The fourth-order valence-electron chi connectivity index (χ4n) is 1.75. The molecule has 6 nitrogen and oxygen atoms in total. The van der Waals surface area contributed by atoms with Crippen LogP contribution in [0.2, 0.25) is 5.02 Å². The van der Waals surface area contributed by atoms with Gasteiger partial charge in [0.15, 0.2) is 0 Å². The van der Waals surface area contributed by atoms with Gasteiger partial charge < -0.3 is 0 Å². The second-order valence-electron chi connectivity index (χ2n) is 4.57. The number of nitrogens with zero attached hydrogens (tertiary/aromatic N) is 2. The Morgan fingerprint density at radius 2 is 1.83 bits per heavy atom. The first-order valence-electron chi connectivity index (χ1n) is 6.43. The van der Waals surface area contributed by atoms with Crippen molar-refractivity contribution < 1.29 is 9.72 Å². The van der Waals surface area contributed by atoms with E-state index in [1.807, 2.05) is 24.3 Å². The molecule has 0 aliphatic carbocycles. The van der Waals surface area contributed by atoms with Crippen molar-refractivity contribution in [3.8, 4) is 0 Å². The van der Waals surface area contributed by atoms with E-state index in [9.17, 15) is 14.9 Å². The number of benzene rings is 2. The molecule has 0 heterocycles. The average molecular weight is 444 g/mol. The quantitative estimate of drug-likeness (QED) is 0.335. The molecule has 0 aliphatic rings. The summed E-state index contributed by atoms with van der Waals surface area (Å²) in [5, 5.41) is 14.8. The summed E-state index contributed by atoms with van der Waals surface area (Å²) in [6.07, 6.45) is 0. The molecule has 2 aromatic carbocycles. The van der Waals surface area contributed by atoms with Gasteiger partial charge in [-0.2, -0.15) is 5.10 Å². The van der Waals surface area contributed by atoms with Crippen molar-refractivity contribution in [3.05, 3.63) is 72.3 Å². The second kappa shape index (κ2) is 7.51. The molecule has 0 fully saturated rings. The second-order valence-corrected chi connectivity index (χ2v) is 6.22. The van der Waals surface area contributed by atoms with E-state index in [0.29, 0.717) is 5.71 Å². The molecule has 0 saturated heterocycles. The fraction of sp³-hybridized carbons (Fsp3) is 0.0667. The lowest BCUT2D eigenvalue weighted by atomic mass is 10.1. The molecule has 23 heavy (non-hydrogen) atoms. The zero-order chi connectivity index (χ0) is 17.0. The molecule has 1 N–H and O–H groups in total. The normalized spacial score (nSPS) is 11.2. The average Bonchev–Trinajstić information content (AvgIpc) is 2.53. The maximum atomic E-state index is 12.0. The van der Waals surface area contributed by atoms with Crippen molar-refractivity contribution in [3.63, 3.8) is 0 Å². The Morgan fingerprint density at radius 3 is 2.43 bits per heavy atom. The van der Waals surface area contributed by atoms with Gasteiger partial charge in [-0.25, -0.2) is 5.43 Å². The van der Waals surface area contributed by atoms with Gasteiger partial charge in [0, 0.05) is 15.2 Å². The largest absolute Gasteiger partial charge is 0.288 e. The summed E-state index contributed by atoms with van der Waals surface area (Å²) in [5.41, 5.74) is 3.66. The molecule has 2 rings (SSSR count). The highest BCUT2D eigenvalue weighted by atomic mass is 127. The number of hydrogen-bond acceptors (Lipinski definition) is 4. The van der Waals surface area contributed by atoms with E-state index in [1.54, 1.807) is 6.92 Å². The van der Waals surface area contributed by atoms with Gasteiger partial charge in [-0.1, -0.05) is 23.7 Å². The number of nitro benzene ring substituents is 1. The van der Waals surface area contributed by atoms with Crippen molar-refractivity contribution in [2.45, 2.75) is 6.92 Å². The van der Waals surface area contributed by atoms with Crippen LogP contribution in [0.4, 0.5) is 5.69 Å². The summed E-state index contributed by atoms with van der Waals surface area (Å²) in [5.74, 6) is -0.547. The Balaban J connectivity index is 2.16. The number of hydrazone groups is 1. The minimum atomic E-state index is -0.640. The predicted octanol–water partition coefficient (Wildman–Crippen LogP) is 4.01. The molecule has 0 radical (unpaired) electrons. The third kappa shape index (κ3) is 4.49. The first kappa shape index (κ1) is 17.4. The molecule has 0 spiro atoms. The molecular weight excluding hydrogens is 433 g/mol. The standard InChI is InChI=1S/C15H11ClIN3O3/c1-9(10-2-5-12(17)6-3-10)18-19-15(21)11-4-7-13(16)14(8-11)20(22)23/h2-8H,1H3,(H,19,21)/b18-9-. The molecule has 1 amide bonds. The minimum Gasteiger partial charge on any atom is -0.267 e. The molecular formula is C15H11ClIN3O3. The van der Waals surface area contributed by atoms with Crippen LogP contribution in [-0.4, -0.2) is 16.5 Å². The maximum Gasteiger partial charge on any atom is 0.288 e. The summed E-state index contributed by atoms with van der Waals surface area (Å²) >= 11 is 7.91. The van der Waals surface area contributed by atoms with E-state index in [-0.39, 0.29) is 16.3 Å². The molecule has 0 aromatic heterocycles. The van der Waals surface area contributed by atoms with Crippen LogP contribution in [0.25, 0.3) is 0 Å². The number of nitrogens with one attached hydrogen (secondary N) is 1. The van der Waals surface area contributed by atoms with Gasteiger partial charge in [0.25, 0.3) is 11.6 Å². The lowest BCUT2D eigenvalue weighted by Gasteiger charge is -2.04. The molecule has 8 heteroatoms. The van der Waals surface area contributed by atoms with E-state index in [4.69, 9.17) is 11.6 Å². The Bertz CT molecular complexity index is 791. The van der Waals surface area contributed by atoms with Gasteiger partial charge in [-0.15, -0.1) is 0 Å². The topological polar surface area (TPSA) is 84.6 Å². The smallest absolute Gasteiger partial charge is 0.267 e. The zero-order valence-corrected chi connectivity index (χ0v) is 14.8. The van der Waals surface area contributed by atoms with E-state index in [0.717, 1.165) is 15.2 Å². The number of amides is 1. The first-order chi connectivity index (χ1) is 10.9. The van der Waals surface area contributed by atoms with Crippen LogP contribution in [0.1, 0.15) is 22.8 Å². The number of carbonyl (C=O) groups excluding carboxylic acids is 1. The van der Waals surface area contributed by atoms with Gasteiger partial charge >= 0.3 is 0 Å². The van der Waals surface area contributed by atoms with E-state index < -0.39 is 10.8 Å². The highest BCUT2D eigenvalue weighted by Gasteiger charge is 2.16. The third-order valence-electron chi connectivity index (χ3n) is 2.99. The molecule has 0 aliphatic heterocycles. The van der Waals surface area contributed by atoms with Crippen LogP contribution in [0, 0.1) is 13.7 Å². The maximum absolute atomic E-state index is 12.0. The number of hydrogen-bond donors (Lipinski definition) is 1. The van der Waals surface area contributed by atoms with Gasteiger partial charge in [0.05, 0.1) is 10.6 Å². The Kier molecular flexibility index (Phi) is 5.67. The summed E-state index contributed by atoms with van der Waals surface area (Å²) in [6, 6.07) is 11.5. The van der Waals surface area contributed by atoms with E-state index in [1.165, 1.54) is 12.1 Å². The van der Waals surface area contributed by atoms with Crippen molar-refractivity contribution in [1.82, 2.24) is 5.43 Å². The van der Waals surface area contributed by atoms with Crippen molar-refractivity contribution in [2.75, 3.05) is 0 Å². The Morgan fingerprint density at radius 1 is 1.22 bits per heavy atom. The number of carbonyl (C=O) groups is 1. The Hall–Kier alpha value is -2.00. The fourth-order valence-corrected chi connectivity index (χ4v) is 2.29. The molecule has 0 saturated carbocycles. The van der Waals surface area contributed by atoms with Crippen LogP contribution < -0.4 is 5.43 Å². The Labute approximate surface area is 150 Å². The molecule has 2 aromatic rings. The SMILES string of the molecule is C/C(=N/NC(=O)c1ccc(Cl)c([N+](=O)[O-])c1)c1ccc(I)cc1. The van der Waals surface area contributed by atoms with E-state index in [2.05, 4.69) is 33.1 Å². The molecule has 118 valence electrons. The lowest BCUT2D eigenvalue weighted by molar-refractivity contribution is -0.384. The molecule has 0 unspecified atom stereocenters. The van der Waals surface area contributed by atoms with Crippen LogP contribution >= 0.6 is 34.2 Å². The summed E-state index contributed by atoms with van der Waals surface area (Å²) in [4.78, 5) is 22.2. The summed E-state index contributed by atoms with van der Waals surface area (Å²) in [6.45, 7) is 1.76. The highest BCUT2D eigenvalue weighted by molar-refractivity contribution is 14.1. The van der Waals surface area contributed by atoms with E-state index >= 15 is 0 Å². The van der Waals surface area contributed by atoms with Crippen molar-refractivity contribution >= 4 is 51.5 Å². The lowest BCUT2D eigenvalue weighted by Crippen LogP contribution is -2.19. The summed E-state index contributed by atoms with van der Waals surface area (Å²) in [7, 11) is 0. The zero-order valence-electron chi connectivity index (χ0n) is 11.9. The predicted molar refractivity (Wildman–Crippen MR) is 96.9 cm³/mol. The third-order valence-corrected chi connectivity index (χ3v) is 4.03. The number of halogens is 2. The van der Waals surface area contributed by atoms with Crippen LogP contribution in [0.15, 0.2) is 47.6 Å². The van der Waals surface area contributed by atoms with Crippen LogP contribution in [0.3, 0.4) is 0 Å². The molecule has 0 atom stereocenters. The number of nitro groups is 1. The van der Waals surface area contributed by atoms with Crippen LogP contribution in [0.5, 0.6) is 0 Å². The monoisotopic (exact) mass is 443 g/mol. The van der Waals surface area contributed by atoms with Gasteiger partial charge in [0.2, 0.25) is 0 Å². The van der Waals surface area contributed by atoms with Crippen molar-refractivity contribution in [1.29, 1.82) is 0 Å². The van der Waals surface area contributed by atoms with Gasteiger partial charge in [-0.05, 0) is 59.3 Å². The van der Waals surface area contributed by atoms with Gasteiger partial charge in [0.1, 0.15) is 5.02 Å². The molecule has 0 bridgehead atoms. The first-order valence-corrected chi connectivity index (χ1v) is 7.88. The van der Waals surface area contributed by atoms with Crippen molar-refractivity contribution in [2.24, 2.45) is 5.10 Å². The van der Waals surface area contributed by atoms with Gasteiger partial charge in [-0.3, -0.25) is 14.9 Å². The highest BCUT2D eigenvalue weighted by Crippen LogP contribution is 2.24.